The van der Waals surface area contributed by atoms with Crippen LogP contribution in [-0.2, 0) is 4.79 Å². The van der Waals surface area contributed by atoms with Gasteiger partial charge in [-0.2, -0.15) is 5.26 Å². The fraction of sp³-hybridized carbons (Fsp3) is 0.125. The Kier molecular flexibility index (Phi) is 4.31. The molecule has 0 bridgehead atoms. The van der Waals surface area contributed by atoms with Crippen LogP contribution in [-0.4, -0.2) is 5.91 Å². The average Bonchev–Trinajstić information content (AvgIpc) is 2.51. The van der Waals surface area contributed by atoms with Crippen molar-refractivity contribution in [3.05, 3.63) is 65.0 Å². The van der Waals surface area contributed by atoms with Crippen LogP contribution >= 0.6 is 0 Å². The van der Waals surface area contributed by atoms with Gasteiger partial charge >= 0.3 is 0 Å². The third kappa shape index (κ3) is 3.25. The van der Waals surface area contributed by atoms with E-state index >= 15 is 0 Å². The maximum Gasteiger partial charge on any atom is 0.245 e. The van der Waals surface area contributed by atoms with Crippen molar-refractivity contribution < 1.29 is 9.18 Å². The second-order valence-electron chi connectivity index (χ2n) is 4.62. The smallest absolute Gasteiger partial charge is 0.245 e. The van der Waals surface area contributed by atoms with Crippen molar-refractivity contribution in [2.24, 2.45) is 5.73 Å². The molecule has 3 N–H and O–H groups in total. The molecule has 21 heavy (non-hydrogen) atoms. The van der Waals surface area contributed by atoms with Crippen molar-refractivity contribution in [1.82, 2.24) is 0 Å². The van der Waals surface area contributed by atoms with Gasteiger partial charge in [-0.25, -0.2) is 4.39 Å². The molecule has 0 unspecified atom stereocenters. The minimum atomic E-state index is -0.862. The first-order valence-corrected chi connectivity index (χ1v) is 6.34. The number of anilines is 1. The van der Waals surface area contributed by atoms with Crippen LogP contribution in [0, 0.1) is 24.1 Å². The maximum absolute atomic E-state index is 13.7. The van der Waals surface area contributed by atoms with E-state index in [0.717, 1.165) is 6.07 Å². The van der Waals surface area contributed by atoms with Crippen molar-refractivity contribution in [1.29, 1.82) is 5.26 Å². The summed E-state index contributed by atoms with van der Waals surface area (Å²) in [6.07, 6.45) is 0. The van der Waals surface area contributed by atoms with Crippen molar-refractivity contribution in [2.45, 2.75) is 13.0 Å². The van der Waals surface area contributed by atoms with E-state index in [2.05, 4.69) is 5.32 Å². The molecule has 1 atom stereocenters. The lowest BCUT2D eigenvalue weighted by atomic mass is 10.1. The predicted octanol–water partition coefficient (Wildman–Crippen LogP) is 2.64. The molecule has 0 aliphatic heterocycles. The van der Waals surface area contributed by atoms with Crippen LogP contribution < -0.4 is 11.1 Å². The Bertz CT molecular complexity index is 707. The number of nitriles is 1. The van der Waals surface area contributed by atoms with Gasteiger partial charge in [-0.3, -0.25) is 4.79 Å². The normalized spacial score (nSPS) is 11.5. The van der Waals surface area contributed by atoms with Gasteiger partial charge in [-0.15, -0.1) is 0 Å². The molecule has 0 spiro atoms. The Balaban J connectivity index is 2.24. The molecule has 106 valence electrons. The largest absolute Gasteiger partial charge is 0.324 e. The zero-order chi connectivity index (χ0) is 15.4. The minimum Gasteiger partial charge on any atom is -0.324 e. The number of nitrogens with zero attached hydrogens (tertiary/aromatic N) is 1. The quantitative estimate of drug-likeness (QED) is 0.908. The summed E-state index contributed by atoms with van der Waals surface area (Å²) in [6, 6.07) is 12.4. The Morgan fingerprint density at radius 1 is 1.33 bits per heavy atom. The van der Waals surface area contributed by atoms with Gasteiger partial charge in [0.1, 0.15) is 11.9 Å². The number of hydrogen-bond donors (Lipinski definition) is 2. The summed E-state index contributed by atoms with van der Waals surface area (Å²) >= 11 is 0. The highest BCUT2D eigenvalue weighted by Gasteiger charge is 2.17. The van der Waals surface area contributed by atoms with E-state index in [4.69, 9.17) is 11.0 Å². The third-order valence-corrected chi connectivity index (χ3v) is 3.17. The highest BCUT2D eigenvalue weighted by Crippen LogP contribution is 2.22. The van der Waals surface area contributed by atoms with Crippen molar-refractivity contribution in [2.75, 3.05) is 5.32 Å². The van der Waals surface area contributed by atoms with Gasteiger partial charge in [-0.05, 0) is 24.6 Å². The summed E-state index contributed by atoms with van der Waals surface area (Å²) in [5.41, 5.74) is 7.19. The van der Waals surface area contributed by atoms with Crippen molar-refractivity contribution in [3.8, 4) is 6.07 Å². The molecule has 0 aromatic heterocycles. The molecular weight excluding hydrogens is 269 g/mol. The second-order valence-corrected chi connectivity index (χ2v) is 4.62. The van der Waals surface area contributed by atoms with Gasteiger partial charge in [0, 0.05) is 11.3 Å². The summed E-state index contributed by atoms with van der Waals surface area (Å²) in [4.78, 5) is 12.1. The fourth-order valence-electron chi connectivity index (χ4n) is 1.90. The topological polar surface area (TPSA) is 78.9 Å². The number of halogens is 1. The van der Waals surface area contributed by atoms with Crippen LogP contribution in [0.4, 0.5) is 10.1 Å². The molecule has 0 saturated carbocycles. The second kappa shape index (κ2) is 6.16. The van der Waals surface area contributed by atoms with E-state index in [1.165, 1.54) is 13.0 Å². The molecule has 2 aromatic rings. The lowest BCUT2D eigenvalue weighted by Crippen LogP contribution is -2.28. The van der Waals surface area contributed by atoms with Crippen LogP contribution in [0.5, 0.6) is 0 Å². The number of benzene rings is 2. The molecule has 0 radical (unpaired) electrons. The van der Waals surface area contributed by atoms with Crippen LogP contribution in [0.1, 0.15) is 22.7 Å². The zero-order valence-electron chi connectivity index (χ0n) is 11.4. The third-order valence-electron chi connectivity index (χ3n) is 3.17. The molecule has 1 amide bonds. The zero-order valence-corrected chi connectivity index (χ0v) is 11.4. The molecule has 2 aromatic carbocycles. The first-order valence-electron chi connectivity index (χ1n) is 6.34. The standard InChI is InChI=1S/C16H14FN3O/c1-10-13(17)7-11(9-18)8-14(10)20-16(21)15(19)12-5-3-2-4-6-12/h2-8,15H,19H2,1H3,(H,20,21)/t15-/m0/s1. The van der Waals surface area contributed by atoms with E-state index in [-0.39, 0.29) is 16.8 Å². The SMILES string of the molecule is Cc1c(F)cc(C#N)cc1NC(=O)[C@@H](N)c1ccccc1. The Labute approximate surface area is 122 Å². The monoisotopic (exact) mass is 283 g/mol. The number of amides is 1. The van der Waals surface area contributed by atoms with Crippen molar-refractivity contribution in [3.63, 3.8) is 0 Å². The van der Waals surface area contributed by atoms with Crippen LogP contribution in [0.25, 0.3) is 0 Å². The number of carbonyl (C=O) groups excluding carboxylic acids is 1. The first-order chi connectivity index (χ1) is 10.0. The lowest BCUT2D eigenvalue weighted by molar-refractivity contribution is -0.117. The van der Waals surface area contributed by atoms with E-state index in [1.807, 2.05) is 12.1 Å². The van der Waals surface area contributed by atoms with Crippen molar-refractivity contribution >= 4 is 11.6 Å². The lowest BCUT2D eigenvalue weighted by Gasteiger charge is -2.14. The van der Waals surface area contributed by atoms with Gasteiger partial charge in [0.05, 0.1) is 11.6 Å². The van der Waals surface area contributed by atoms with Crippen LogP contribution in [0.2, 0.25) is 0 Å². The van der Waals surface area contributed by atoms with E-state index in [1.54, 1.807) is 24.3 Å². The highest BCUT2D eigenvalue weighted by atomic mass is 19.1. The molecule has 5 heteroatoms. The Morgan fingerprint density at radius 2 is 2.00 bits per heavy atom. The van der Waals surface area contributed by atoms with Crippen LogP contribution in [0.15, 0.2) is 42.5 Å². The van der Waals surface area contributed by atoms with Gasteiger partial charge in [0.15, 0.2) is 0 Å². The number of hydrogen-bond acceptors (Lipinski definition) is 3. The number of carbonyl (C=O) groups is 1. The number of nitrogens with two attached hydrogens (primary N) is 1. The first kappa shape index (κ1) is 14.7. The molecule has 0 fully saturated rings. The average molecular weight is 283 g/mol. The summed E-state index contributed by atoms with van der Waals surface area (Å²) < 4.78 is 13.7. The number of rotatable bonds is 3. The Hall–Kier alpha value is -2.71. The van der Waals surface area contributed by atoms with E-state index in [0.29, 0.717) is 5.56 Å². The predicted molar refractivity (Wildman–Crippen MR) is 77.9 cm³/mol. The molecule has 4 nitrogen and oxygen atoms in total. The summed E-state index contributed by atoms with van der Waals surface area (Å²) in [5.74, 6) is -1.00. The highest BCUT2D eigenvalue weighted by molar-refractivity contribution is 5.96. The van der Waals surface area contributed by atoms with E-state index < -0.39 is 17.8 Å². The number of nitrogens with one attached hydrogen (secondary N) is 1. The van der Waals surface area contributed by atoms with Gasteiger partial charge < -0.3 is 11.1 Å². The van der Waals surface area contributed by atoms with Gasteiger partial charge in [0.2, 0.25) is 5.91 Å². The molecule has 2 rings (SSSR count). The molecule has 0 aliphatic carbocycles. The maximum atomic E-state index is 13.7. The summed E-state index contributed by atoms with van der Waals surface area (Å²) in [6.45, 7) is 1.53. The Morgan fingerprint density at radius 3 is 2.62 bits per heavy atom. The summed E-state index contributed by atoms with van der Waals surface area (Å²) in [7, 11) is 0. The molecule has 0 aliphatic rings. The van der Waals surface area contributed by atoms with E-state index in [9.17, 15) is 9.18 Å². The minimum absolute atomic E-state index is 0.140. The molecule has 0 saturated heterocycles. The fourth-order valence-corrected chi connectivity index (χ4v) is 1.90. The molecule has 0 heterocycles. The van der Waals surface area contributed by atoms with Crippen LogP contribution in [0.3, 0.4) is 0 Å². The summed E-state index contributed by atoms with van der Waals surface area (Å²) in [5, 5.41) is 11.4. The van der Waals surface area contributed by atoms with Gasteiger partial charge in [0.25, 0.3) is 0 Å². The van der Waals surface area contributed by atoms with Gasteiger partial charge in [-0.1, -0.05) is 30.3 Å². The molecular formula is C16H14FN3O.